The molecule has 3 aromatic rings. The van der Waals surface area contributed by atoms with Crippen molar-refractivity contribution in [3.8, 4) is 0 Å². The van der Waals surface area contributed by atoms with Crippen LogP contribution in [0.3, 0.4) is 0 Å². The van der Waals surface area contributed by atoms with Crippen molar-refractivity contribution in [1.82, 2.24) is 24.8 Å². The van der Waals surface area contributed by atoms with Gasteiger partial charge < -0.3 is 5.32 Å². The minimum absolute atomic E-state index is 0.0724. The van der Waals surface area contributed by atoms with Crippen molar-refractivity contribution < 1.29 is 4.79 Å². The summed E-state index contributed by atoms with van der Waals surface area (Å²) in [5.74, 6) is 0.800. The van der Waals surface area contributed by atoms with Crippen molar-refractivity contribution >= 4 is 40.0 Å². The van der Waals surface area contributed by atoms with Crippen molar-refractivity contribution in [2.45, 2.75) is 61.4 Å². The molecule has 0 aromatic carbocycles. The van der Waals surface area contributed by atoms with Gasteiger partial charge in [0.1, 0.15) is 16.2 Å². The monoisotopic (exact) mass is 443 g/mol. The Hall–Kier alpha value is -2.46. The second kappa shape index (κ2) is 7.66. The molecule has 30 heavy (non-hydrogen) atoms. The van der Waals surface area contributed by atoms with Gasteiger partial charge in [0, 0.05) is 16.8 Å². The third kappa shape index (κ3) is 3.81. The molecule has 1 atom stereocenters. The van der Waals surface area contributed by atoms with Crippen molar-refractivity contribution in [1.29, 1.82) is 0 Å². The van der Waals surface area contributed by atoms with E-state index in [4.69, 9.17) is 0 Å². The fourth-order valence-electron chi connectivity index (χ4n) is 3.37. The Balaban J connectivity index is 1.50. The van der Waals surface area contributed by atoms with E-state index in [1.54, 1.807) is 22.8 Å². The Morgan fingerprint density at radius 1 is 1.33 bits per heavy atom. The van der Waals surface area contributed by atoms with Crippen LogP contribution in [0.5, 0.6) is 0 Å². The molecule has 8 nitrogen and oxygen atoms in total. The topological polar surface area (TPSA) is 110 Å². The highest BCUT2D eigenvalue weighted by molar-refractivity contribution is 8.00. The lowest BCUT2D eigenvalue weighted by molar-refractivity contribution is -0.120. The summed E-state index contributed by atoms with van der Waals surface area (Å²) >= 11 is 2.83. The highest BCUT2D eigenvalue weighted by atomic mass is 32.2. The van der Waals surface area contributed by atoms with Gasteiger partial charge in [-0.2, -0.15) is 0 Å². The molecule has 0 bridgehead atoms. The Kier molecular flexibility index (Phi) is 4.98. The number of H-pyrrole nitrogens is 1. The lowest BCUT2D eigenvalue weighted by Crippen LogP contribution is -2.32. The van der Waals surface area contributed by atoms with Crippen LogP contribution in [0.1, 0.15) is 55.3 Å². The normalized spacial score (nSPS) is 17.2. The van der Waals surface area contributed by atoms with Crippen LogP contribution in [-0.2, 0) is 11.3 Å². The van der Waals surface area contributed by atoms with Crippen molar-refractivity contribution in [2.75, 3.05) is 0 Å². The molecule has 0 unspecified atom stereocenters. The molecule has 5 rings (SSSR count). The number of carbonyl (C=O) groups excluding carboxylic acids is 1. The molecule has 2 N–H and O–H groups in total. The van der Waals surface area contributed by atoms with Crippen LogP contribution in [0.4, 0.5) is 0 Å². The minimum Gasteiger partial charge on any atom is -0.350 e. The first-order valence-electron chi connectivity index (χ1n) is 10.0. The highest BCUT2D eigenvalue weighted by Gasteiger charge is 2.32. The standard InChI is InChI=1S/C20H21N5O3S2/c1-10(17(26)21-9-13-3-2-8-29-13)30-19-14-16(22-15(23-19)11-4-5-11)25(12-6-7-12)20(28)24-18(14)27/h2-3,8,10-12H,4-7,9H2,1H3,(H,21,26)(H,24,27,28)/t10-/m0/s1. The summed E-state index contributed by atoms with van der Waals surface area (Å²) in [5, 5.41) is 5.22. The van der Waals surface area contributed by atoms with Gasteiger partial charge in [-0.05, 0) is 44.1 Å². The first kappa shape index (κ1) is 19.5. The zero-order chi connectivity index (χ0) is 20.8. The highest BCUT2D eigenvalue weighted by Crippen LogP contribution is 2.41. The molecule has 2 aliphatic carbocycles. The summed E-state index contributed by atoms with van der Waals surface area (Å²) in [4.78, 5) is 50.5. The van der Waals surface area contributed by atoms with Crippen LogP contribution >= 0.6 is 23.1 Å². The summed E-state index contributed by atoms with van der Waals surface area (Å²) < 4.78 is 1.59. The maximum absolute atomic E-state index is 12.7. The van der Waals surface area contributed by atoms with Gasteiger partial charge in [-0.3, -0.25) is 19.1 Å². The molecule has 3 heterocycles. The third-order valence-electron chi connectivity index (χ3n) is 5.30. The van der Waals surface area contributed by atoms with Crippen LogP contribution in [0.25, 0.3) is 11.0 Å². The van der Waals surface area contributed by atoms with E-state index in [0.29, 0.717) is 28.4 Å². The van der Waals surface area contributed by atoms with E-state index in [-0.39, 0.29) is 17.9 Å². The molecular weight excluding hydrogens is 422 g/mol. The van der Waals surface area contributed by atoms with Crippen LogP contribution in [-0.4, -0.2) is 30.7 Å². The van der Waals surface area contributed by atoms with E-state index in [2.05, 4.69) is 20.3 Å². The fourth-order valence-corrected chi connectivity index (χ4v) is 4.98. The van der Waals surface area contributed by atoms with Crippen LogP contribution in [0.2, 0.25) is 0 Å². The number of hydrogen-bond donors (Lipinski definition) is 2. The van der Waals surface area contributed by atoms with Gasteiger partial charge in [0.05, 0.1) is 11.8 Å². The molecule has 0 radical (unpaired) electrons. The number of nitrogens with one attached hydrogen (secondary N) is 2. The molecule has 10 heteroatoms. The van der Waals surface area contributed by atoms with E-state index in [9.17, 15) is 14.4 Å². The zero-order valence-electron chi connectivity index (χ0n) is 16.4. The summed E-state index contributed by atoms with van der Waals surface area (Å²) in [5.41, 5.74) is -0.520. The number of thioether (sulfide) groups is 1. The summed E-state index contributed by atoms with van der Waals surface area (Å²) in [7, 11) is 0. The first-order chi connectivity index (χ1) is 14.5. The van der Waals surface area contributed by atoms with Crippen LogP contribution in [0.15, 0.2) is 32.1 Å². The molecule has 156 valence electrons. The average Bonchev–Trinajstić information content (AvgIpc) is 3.65. The number of fused-ring (bicyclic) bond motifs is 1. The second-order valence-corrected chi connectivity index (χ2v) is 10.1. The SMILES string of the molecule is C[C@H](Sc1nc(C2CC2)nc2c1c(=O)[nH]c(=O)n2C1CC1)C(=O)NCc1cccs1. The minimum atomic E-state index is -0.497. The van der Waals surface area contributed by atoms with Crippen molar-refractivity contribution in [3.05, 3.63) is 49.1 Å². The number of aromatic amines is 1. The third-order valence-corrected chi connectivity index (χ3v) is 7.26. The van der Waals surface area contributed by atoms with Gasteiger partial charge in [-0.15, -0.1) is 11.3 Å². The van der Waals surface area contributed by atoms with E-state index in [0.717, 1.165) is 30.6 Å². The molecule has 2 fully saturated rings. The molecule has 0 saturated heterocycles. The van der Waals surface area contributed by atoms with Crippen molar-refractivity contribution in [2.24, 2.45) is 0 Å². The number of aromatic nitrogens is 4. The lowest BCUT2D eigenvalue weighted by atomic mass is 10.3. The number of rotatable bonds is 7. The number of carbonyl (C=O) groups is 1. The van der Waals surface area contributed by atoms with Crippen molar-refractivity contribution in [3.63, 3.8) is 0 Å². The van der Waals surface area contributed by atoms with Gasteiger partial charge in [-0.25, -0.2) is 14.8 Å². The van der Waals surface area contributed by atoms with Gasteiger partial charge in [0.15, 0.2) is 5.65 Å². The molecule has 1 amide bonds. The number of nitrogens with zero attached hydrogens (tertiary/aromatic N) is 3. The van der Waals surface area contributed by atoms with E-state index in [1.807, 2.05) is 17.5 Å². The molecule has 2 aliphatic rings. The molecule has 3 aromatic heterocycles. The zero-order valence-corrected chi connectivity index (χ0v) is 18.0. The number of amides is 1. The Bertz CT molecular complexity index is 1230. The van der Waals surface area contributed by atoms with Gasteiger partial charge >= 0.3 is 5.69 Å². The average molecular weight is 444 g/mol. The lowest BCUT2D eigenvalue weighted by Gasteiger charge is -2.15. The smallest absolute Gasteiger partial charge is 0.330 e. The Morgan fingerprint density at radius 3 is 2.80 bits per heavy atom. The largest absolute Gasteiger partial charge is 0.350 e. The van der Waals surface area contributed by atoms with E-state index < -0.39 is 16.5 Å². The Labute approximate surface area is 180 Å². The van der Waals surface area contributed by atoms with Crippen LogP contribution < -0.4 is 16.6 Å². The molecular formula is C20H21N5O3S2. The summed E-state index contributed by atoms with van der Waals surface area (Å²) in [6.07, 6.45) is 3.80. The number of thiophene rings is 1. The molecule has 0 spiro atoms. The van der Waals surface area contributed by atoms with Crippen LogP contribution in [0, 0.1) is 0 Å². The van der Waals surface area contributed by atoms with Gasteiger partial charge in [0.25, 0.3) is 5.56 Å². The van der Waals surface area contributed by atoms with E-state index >= 15 is 0 Å². The first-order valence-corrected chi connectivity index (χ1v) is 11.8. The summed E-state index contributed by atoms with van der Waals surface area (Å²) in [6.45, 7) is 2.27. The predicted molar refractivity (Wildman–Crippen MR) is 116 cm³/mol. The molecule has 0 aliphatic heterocycles. The predicted octanol–water partition coefficient (Wildman–Crippen LogP) is 2.55. The second-order valence-electron chi connectivity index (χ2n) is 7.78. The Morgan fingerprint density at radius 2 is 2.13 bits per heavy atom. The number of hydrogen-bond acceptors (Lipinski definition) is 7. The quantitative estimate of drug-likeness (QED) is 0.429. The van der Waals surface area contributed by atoms with Gasteiger partial charge in [0.2, 0.25) is 5.91 Å². The maximum atomic E-state index is 12.7. The summed E-state index contributed by atoms with van der Waals surface area (Å²) in [6, 6.07) is 3.99. The maximum Gasteiger partial charge on any atom is 0.330 e. The molecule has 2 saturated carbocycles. The van der Waals surface area contributed by atoms with Gasteiger partial charge in [-0.1, -0.05) is 17.8 Å². The van der Waals surface area contributed by atoms with E-state index in [1.165, 1.54) is 11.8 Å². The fraction of sp³-hybridized carbons (Fsp3) is 0.450.